The molecule has 6 heteroatoms. The highest BCUT2D eigenvalue weighted by Gasteiger charge is 2.13. The third kappa shape index (κ3) is 4.43. The number of benzene rings is 2. The molecule has 144 valence electrons. The summed E-state index contributed by atoms with van der Waals surface area (Å²) in [6.45, 7) is 2.93. The molecule has 5 nitrogen and oxygen atoms in total. The molecule has 0 radical (unpaired) electrons. The standard InChI is InChI=1S/C22H22ClN3O2/c1-2-3-10-25-21-13-15(16-6-4-5-7-18(16)23)12-19(26-21)14-8-9-20(27)17(11-14)22(24)28/h4-9,11-13,27H,2-3,10H2,1H3,(H2,24,28)(H,25,26). The number of aromatic hydroxyl groups is 1. The van der Waals surface area contributed by atoms with Crippen LogP contribution in [0.2, 0.25) is 5.02 Å². The number of nitrogens with two attached hydrogens (primary N) is 1. The number of halogens is 1. The lowest BCUT2D eigenvalue weighted by Gasteiger charge is -2.13. The highest BCUT2D eigenvalue weighted by atomic mass is 35.5. The van der Waals surface area contributed by atoms with Crippen LogP contribution in [-0.4, -0.2) is 22.5 Å². The van der Waals surface area contributed by atoms with Gasteiger partial charge in [-0.3, -0.25) is 4.79 Å². The van der Waals surface area contributed by atoms with Gasteiger partial charge < -0.3 is 16.2 Å². The van der Waals surface area contributed by atoms with Crippen LogP contribution >= 0.6 is 11.6 Å². The maximum Gasteiger partial charge on any atom is 0.252 e. The van der Waals surface area contributed by atoms with Gasteiger partial charge in [0.2, 0.25) is 0 Å². The highest BCUT2D eigenvalue weighted by Crippen LogP contribution is 2.33. The van der Waals surface area contributed by atoms with E-state index in [1.165, 1.54) is 6.07 Å². The molecule has 4 N–H and O–H groups in total. The summed E-state index contributed by atoms with van der Waals surface area (Å²) in [5.41, 5.74) is 8.55. The van der Waals surface area contributed by atoms with Gasteiger partial charge in [0.05, 0.1) is 11.3 Å². The number of carbonyl (C=O) groups excluding carboxylic acids is 1. The minimum absolute atomic E-state index is 0.0583. The van der Waals surface area contributed by atoms with Crippen molar-refractivity contribution in [2.45, 2.75) is 19.8 Å². The normalized spacial score (nSPS) is 10.6. The van der Waals surface area contributed by atoms with Crippen LogP contribution in [0.15, 0.2) is 54.6 Å². The number of hydrogen-bond donors (Lipinski definition) is 3. The Hall–Kier alpha value is -3.05. The molecule has 28 heavy (non-hydrogen) atoms. The lowest BCUT2D eigenvalue weighted by atomic mass is 10.0. The van der Waals surface area contributed by atoms with Crippen LogP contribution in [0.4, 0.5) is 5.82 Å². The molecule has 3 aromatic rings. The van der Waals surface area contributed by atoms with E-state index in [0.29, 0.717) is 16.3 Å². The minimum atomic E-state index is -0.692. The maximum absolute atomic E-state index is 11.6. The van der Waals surface area contributed by atoms with E-state index in [4.69, 9.17) is 17.3 Å². The Bertz CT molecular complexity index is 1000. The van der Waals surface area contributed by atoms with Gasteiger partial charge >= 0.3 is 0 Å². The number of unbranched alkanes of at least 4 members (excludes halogenated alkanes) is 1. The first kappa shape index (κ1) is 19.7. The smallest absolute Gasteiger partial charge is 0.252 e. The lowest BCUT2D eigenvalue weighted by molar-refractivity contribution is 0.0998. The van der Waals surface area contributed by atoms with Gasteiger partial charge in [0.1, 0.15) is 11.6 Å². The summed E-state index contributed by atoms with van der Waals surface area (Å²) in [5, 5.41) is 13.8. The minimum Gasteiger partial charge on any atom is -0.507 e. The molecule has 0 spiro atoms. The first-order chi connectivity index (χ1) is 13.5. The molecule has 1 amide bonds. The number of pyridine rings is 1. The molecule has 0 atom stereocenters. The van der Waals surface area contributed by atoms with Crippen LogP contribution in [0.1, 0.15) is 30.1 Å². The van der Waals surface area contributed by atoms with Crippen LogP contribution in [0.5, 0.6) is 5.75 Å². The monoisotopic (exact) mass is 395 g/mol. The Kier molecular flexibility index (Phi) is 6.16. The molecule has 3 rings (SSSR count). The quantitative estimate of drug-likeness (QED) is 0.486. The lowest BCUT2D eigenvalue weighted by Crippen LogP contribution is -2.11. The van der Waals surface area contributed by atoms with E-state index in [1.54, 1.807) is 12.1 Å². The maximum atomic E-state index is 11.6. The van der Waals surface area contributed by atoms with Crippen LogP contribution in [0, 0.1) is 0 Å². The Morgan fingerprint density at radius 1 is 1.14 bits per heavy atom. The third-order valence-corrected chi connectivity index (χ3v) is 4.73. The zero-order chi connectivity index (χ0) is 20.1. The van der Waals surface area contributed by atoms with Crippen LogP contribution in [0.3, 0.4) is 0 Å². The van der Waals surface area contributed by atoms with Crippen molar-refractivity contribution in [2.75, 3.05) is 11.9 Å². The summed E-state index contributed by atoms with van der Waals surface area (Å²) in [7, 11) is 0. The van der Waals surface area contributed by atoms with E-state index >= 15 is 0 Å². The molecule has 0 aliphatic heterocycles. The summed E-state index contributed by atoms with van der Waals surface area (Å²) >= 11 is 6.39. The molecular weight excluding hydrogens is 374 g/mol. The van der Waals surface area contributed by atoms with Crippen molar-refractivity contribution in [2.24, 2.45) is 5.73 Å². The zero-order valence-electron chi connectivity index (χ0n) is 15.6. The van der Waals surface area contributed by atoms with E-state index in [9.17, 15) is 9.90 Å². The SMILES string of the molecule is CCCCNc1cc(-c2ccccc2Cl)cc(-c2ccc(O)c(C(N)=O)c2)n1. The average molecular weight is 396 g/mol. The average Bonchev–Trinajstić information content (AvgIpc) is 2.68. The summed E-state index contributed by atoms with van der Waals surface area (Å²) in [5.74, 6) is -0.128. The summed E-state index contributed by atoms with van der Waals surface area (Å²) in [4.78, 5) is 16.3. The van der Waals surface area contributed by atoms with Gasteiger partial charge in [-0.2, -0.15) is 0 Å². The summed E-state index contributed by atoms with van der Waals surface area (Å²) in [6, 6.07) is 16.2. The number of primary amides is 1. The van der Waals surface area contributed by atoms with Gasteiger partial charge in [-0.1, -0.05) is 43.1 Å². The number of rotatable bonds is 7. The van der Waals surface area contributed by atoms with Crippen molar-refractivity contribution in [3.8, 4) is 28.1 Å². The van der Waals surface area contributed by atoms with E-state index in [1.807, 2.05) is 36.4 Å². The molecule has 2 aromatic carbocycles. The van der Waals surface area contributed by atoms with Crippen molar-refractivity contribution in [3.63, 3.8) is 0 Å². The Balaban J connectivity index is 2.11. The fraction of sp³-hybridized carbons (Fsp3) is 0.182. The van der Waals surface area contributed by atoms with Gasteiger partial charge in [0, 0.05) is 22.7 Å². The van der Waals surface area contributed by atoms with Crippen molar-refractivity contribution in [1.82, 2.24) is 4.98 Å². The predicted molar refractivity (Wildman–Crippen MR) is 114 cm³/mol. The van der Waals surface area contributed by atoms with Gasteiger partial charge in [-0.05, 0) is 48.4 Å². The molecule has 1 aromatic heterocycles. The van der Waals surface area contributed by atoms with Crippen LogP contribution in [0.25, 0.3) is 22.4 Å². The molecule has 0 saturated heterocycles. The molecule has 0 fully saturated rings. The number of phenols is 1. The number of carbonyl (C=O) groups is 1. The van der Waals surface area contributed by atoms with Gasteiger partial charge in [-0.25, -0.2) is 4.98 Å². The second kappa shape index (κ2) is 8.76. The Morgan fingerprint density at radius 2 is 1.93 bits per heavy atom. The third-order valence-electron chi connectivity index (χ3n) is 4.40. The van der Waals surface area contributed by atoms with E-state index in [-0.39, 0.29) is 11.3 Å². The van der Waals surface area contributed by atoms with E-state index < -0.39 is 5.91 Å². The summed E-state index contributed by atoms with van der Waals surface area (Å²) < 4.78 is 0. The predicted octanol–water partition coefficient (Wildman–Crippen LogP) is 5.09. The second-order valence-corrected chi connectivity index (χ2v) is 6.89. The molecule has 0 bridgehead atoms. The molecule has 1 heterocycles. The number of anilines is 1. The Labute approximate surface area is 169 Å². The molecule has 0 aliphatic rings. The van der Waals surface area contributed by atoms with Crippen molar-refractivity contribution < 1.29 is 9.90 Å². The fourth-order valence-corrected chi connectivity index (χ4v) is 3.15. The number of nitrogens with zero attached hydrogens (tertiary/aromatic N) is 1. The van der Waals surface area contributed by atoms with Gasteiger partial charge in [-0.15, -0.1) is 0 Å². The van der Waals surface area contributed by atoms with Crippen LogP contribution < -0.4 is 11.1 Å². The number of hydrogen-bond acceptors (Lipinski definition) is 4. The second-order valence-electron chi connectivity index (χ2n) is 6.48. The van der Waals surface area contributed by atoms with Gasteiger partial charge in [0.15, 0.2) is 0 Å². The molecule has 0 aliphatic carbocycles. The van der Waals surface area contributed by atoms with Crippen molar-refractivity contribution >= 4 is 23.3 Å². The number of nitrogens with one attached hydrogen (secondary N) is 1. The number of amides is 1. The number of aromatic nitrogens is 1. The first-order valence-electron chi connectivity index (χ1n) is 9.13. The largest absolute Gasteiger partial charge is 0.507 e. The van der Waals surface area contributed by atoms with Crippen molar-refractivity contribution in [1.29, 1.82) is 0 Å². The van der Waals surface area contributed by atoms with Crippen molar-refractivity contribution in [3.05, 3.63) is 65.2 Å². The molecule has 0 unspecified atom stereocenters. The van der Waals surface area contributed by atoms with E-state index in [2.05, 4.69) is 17.2 Å². The van der Waals surface area contributed by atoms with E-state index in [0.717, 1.165) is 36.3 Å². The molecular formula is C22H22ClN3O2. The zero-order valence-corrected chi connectivity index (χ0v) is 16.3. The fourth-order valence-electron chi connectivity index (χ4n) is 2.91. The topological polar surface area (TPSA) is 88.2 Å². The first-order valence-corrected chi connectivity index (χ1v) is 9.51. The Morgan fingerprint density at radius 3 is 2.64 bits per heavy atom. The summed E-state index contributed by atoms with van der Waals surface area (Å²) in [6.07, 6.45) is 2.10. The highest BCUT2D eigenvalue weighted by molar-refractivity contribution is 6.33. The van der Waals surface area contributed by atoms with Gasteiger partial charge in [0.25, 0.3) is 5.91 Å². The molecule has 0 saturated carbocycles. The van der Waals surface area contributed by atoms with Crippen LogP contribution in [-0.2, 0) is 0 Å².